The molecule has 0 bridgehead atoms. The Labute approximate surface area is 203 Å². The fourth-order valence-electron chi connectivity index (χ4n) is 4.38. The lowest BCUT2D eigenvalue weighted by atomic mass is 10.1. The fourth-order valence-corrected chi connectivity index (χ4v) is 4.38. The van der Waals surface area contributed by atoms with Crippen LogP contribution in [0.1, 0.15) is 11.1 Å². The van der Waals surface area contributed by atoms with E-state index in [0.717, 1.165) is 43.1 Å². The number of aliphatic hydroxyl groups is 1. The van der Waals surface area contributed by atoms with E-state index >= 15 is 0 Å². The average molecular weight is 467 g/mol. The number of likely N-dealkylation sites (N-methyl/N-ethyl adjacent to an activating group) is 1. The molecule has 0 saturated carbocycles. The molecule has 0 radical (unpaired) electrons. The Hall–Kier alpha value is -4.19. The fraction of sp³-hybridized carbons (Fsp3) is 0.222. The van der Waals surface area contributed by atoms with Crippen LogP contribution in [0.3, 0.4) is 0 Å². The lowest BCUT2D eigenvalue weighted by Gasteiger charge is -2.35. The smallest absolute Gasteiger partial charge is 0.258 e. The van der Waals surface area contributed by atoms with E-state index in [0.29, 0.717) is 28.2 Å². The molecule has 2 aromatic heterocycles. The number of aliphatic hydroxyl groups excluding tert-OH is 1. The summed E-state index contributed by atoms with van der Waals surface area (Å²) in [6.07, 6.45) is 7.28. The van der Waals surface area contributed by atoms with Gasteiger partial charge in [0.25, 0.3) is 5.56 Å². The first kappa shape index (κ1) is 22.6. The molecule has 1 aliphatic heterocycles. The average Bonchev–Trinajstić information content (AvgIpc) is 2.89. The van der Waals surface area contributed by atoms with E-state index < -0.39 is 0 Å². The van der Waals surface area contributed by atoms with Crippen LogP contribution in [0.25, 0.3) is 16.7 Å². The van der Waals surface area contributed by atoms with E-state index in [1.54, 1.807) is 6.20 Å². The molecule has 4 aromatic rings. The van der Waals surface area contributed by atoms with Crippen LogP contribution in [0.4, 0.5) is 17.3 Å². The number of terminal acetylenes is 1. The molecule has 35 heavy (non-hydrogen) atoms. The highest BCUT2D eigenvalue weighted by Gasteiger charge is 2.18. The monoisotopic (exact) mass is 466 g/mol. The van der Waals surface area contributed by atoms with E-state index in [1.807, 2.05) is 48.5 Å². The minimum absolute atomic E-state index is 0.0746. The van der Waals surface area contributed by atoms with Crippen LogP contribution >= 0.6 is 0 Å². The number of pyridine rings is 1. The number of aromatic nitrogens is 3. The Morgan fingerprint density at radius 1 is 1.09 bits per heavy atom. The van der Waals surface area contributed by atoms with E-state index in [2.05, 4.69) is 38.1 Å². The van der Waals surface area contributed by atoms with Crippen molar-refractivity contribution in [3.05, 3.63) is 82.3 Å². The van der Waals surface area contributed by atoms with Gasteiger partial charge in [-0.2, -0.15) is 4.98 Å². The third-order valence-electron chi connectivity index (χ3n) is 6.28. The van der Waals surface area contributed by atoms with E-state index in [4.69, 9.17) is 6.42 Å². The Morgan fingerprint density at radius 2 is 1.86 bits per heavy atom. The predicted octanol–water partition coefficient (Wildman–Crippen LogP) is 2.75. The van der Waals surface area contributed by atoms with Crippen molar-refractivity contribution in [3.8, 4) is 18.0 Å². The molecule has 0 spiro atoms. The van der Waals surface area contributed by atoms with Crippen LogP contribution in [0.2, 0.25) is 0 Å². The summed E-state index contributed by atoms with van der Waals surface area (Å²) < 4.78 is 1.53. The van der Waals surface area contributed by atoms with Crippen LogP contribution in [0.5, 0.6) is 0 Å². The molecular formula is C27H26N6O2. The van der Waals surface area contributed by atoms with Crippen LogP contribution in [-0.4, -0.2) is 57.8 Å². The van der Waals surface area contributed by atoms with Crippen molar-refractivity contribution in [2.45, 2.75) is 6.61 Å². The van der Waals surface area contributed by atoms with Gasteiger partial charge < -0.3 is 20.2 Å². The summed E-state index contributed by atoms with van der Waals surface area (Å²) in [6.45, 7) is 3.73. The first-order valence-corrected chi connectivity index (χ1v) is 11.5. The van der Waals surface area contributed by atoms with Crippen molar-refractivity contribution >= 4 is 28.4 Å². The largest absolute Gasteiger partial charge is 0.392 e. The van der Waals surface area contributed by atoms with Crippen molar-refractivity contribution in [2.75, 3.05) is 43.4 Å². The van der Waals surface area contributed by atoms with Gasteiger partial charge in [-0.1, -0.05) is 24.1 Å². The lowest BCUT2D eigenvalue weighted by Crippen LogP contribution is -2.44. The van der Waals surface area contributed by atoms with Crippen LogP contribution in [-0.2, 0) is 6.61 Å². The Bertz CT molecular complexity index is 1470. The number of nitrogens with one attached hydrogen (secondary N) is 1. The Kier molecular flexibility index (Phi) is 6.19. The van der Waals surface area contributed by atoms with Crippen molar-refractivity contribution in [3.63, 3.8) is 0 Å². The van der Waals surface area contributed by atoms with Gasteiger partial charge in [0.1, 0.15) is 0 Å². The molecule has 2 aromatic carbocycles. The zero-order valence-electron chi connectivity index (χ0n) is 19.5. The standard InChI is InChI=1S/C27H26N6O2/c1-3-19-16-25(35)33(22-7-5-4-6-8-22)26-23(19)17-28-27(30-26)29-21-9-10-24(20(15-21)18-34)32-13-11-31(2)12-14-32/h1,4-10,15-17,34H,11-14,18H2,2H3,(H,28,29,30). The number of para-hydroxylation sites is 1. The SMILES string of the molecule is C#Cc1cc(=O)n(-c2ccccc2)c2nc(Nc3ccc(N4CCN(C)CC4)c(CO)c3)ncc12. The molecule has 2 N–H and O–H groups in total. The Morgan fingerprint density at radius 3 is 2.57 bits per heavy atom. The van der Waals surface area contributed by atoms with Crippen molar-refractivity contribution in [1.29, 1.82) is 0 Å². The molecule has 1 fully saturated rings. The topological polar surface area (TPSA) is 86.5 Å². The summed E-state index contributed by atoms with van der Waals surface area (Å²) in [5.41, 5.74) is 3.90. The molecule has 176 valence electrons. The number of hydrogen-bond acceptors (Lipinski definition) is 7. The molecule has 1 aliphatic rings. The second kappa shape index (κ2) is 9.58. The minimum atomic E-state index is -0.264. The summed E-state index contributed by atoms with van der Waals surface area (Å²) in [5.74, 6) is 2.89. The van der Waals surface area contributed by atoms with Crippen LogP contribution < -0.4 is 15.8 Å². The minimum Gasteiger partial charge on any atom is -0.392 e. The van der Waals surface area contributed by atoms with Gasteiger partial charge in [0.2, 0.25) is 5.95 Å². The third-order valence-corrected chi connectivity index (χ3v) is 6.28. The molecule has 0 amide bonds. The summed E-state index contributed by atoms with van der Waals surface area (Å²) >= 11 is 0. The highest BCUT2D eigenvalue weighted by molar-refractivity contribution is 5.84. The highest BCUT2D eigenvalue weighted by atomic mass is 16.3. The highest BCUT2D eigenvalue weighted by Crippen LogP contribution is 2.27. The predicted molar refractivity (Wildman–Crippen MR) is 138 cm³/mol. The molecule has 0 aliphatic carbocycles. The van der Waals surface area contributed by atoms with Gasteiger partial charge in [-0.05, 0) is 37.4 Å². The molecule has 0 atom stereocenters. The molecule has 5 rings (SSSR count). The number of nitrogens with zero attached hydrogens (tertiary/aromatic N) is 5. The number of anilines is 3. The lowest BCUT2D eigenvalue weighted by molar-refractivity contribution is 0.280. The summed E-state index contributed by atoms with van der Waals surface area (Å²) in [6, 6.07) is 16.6. The maximum atomic E-state index is 12.9. The third kappa shape index (κ3) is 4.47. The van der Waals surface area contributed by atoms with Gasteiger partial charge in [0.15, 0.2) is 5.65 Å². The summed E-state index contributed by atoms with van der Waals surface area (Å²) in [7, 11) is 2.12. The summed E-state index contributed by atoms with van der Waals surface area (Å²) in [5, 5.41) is 13.9. The molecule has 3 heterocycles. The quantitative estimate of drug-likeness (QED) is 0.438. The zero-order valence-corrected chi connectivity index (χ0v) is 19.5. The van der Waals surface area contributed by atoms with Gasteiger partial charge in [-0.15, -0.1) is 6.42 Å². The van der Waals surface area contributed by atoms with Crippen molar-refractivity contribution < 1.29 is 5.11 Å². The van der Waals surface area contributed by atoms with Gasteiger partial charge >= 0.3 is 0 Å². The van der Waals surface area contributed by atoms with Gasteiger partial charge in [-0.25, -0.2) is 4.98 Å². The molecular weight excluding hydrogens is 440 g/mol. The van der Waals surface area contributed by atoms with E-state index in [-0.39, 0.29) is 12.2 Å². The number of fused-ring (bicyclic) bond motifs is 1. The van der Waals surface area contributed by atoms with E-state index in [1.165, 1.54) is 10.6 Å². The van der Waals surface area contributed by atoms with Crippen molar-refractivity contribution in [2.24, 2.45) is 0 Å². The first-order valence-electron chi connectivity index (χ1n) is 11.5. The second-order valence-electron chi connectivity index (χ2n) is 8.56. The zero-order chi connectivity index (χ0) is 24.4. The van der Waals surface area contributed by atoms with Crippen LogP contribution in [0.15, 0.2) is 65.6 Å². The number of piperazine rings is 1. The number of benzene rings is 2. The van der Waals surface area contributed by atoms with Crippen molar-refractivity contribution in [1.82, 2.24) is 19.4 Å². The number of rotatable bonds is 5. The molecule has 0 unspecified atom stereocenters. The van der Waals surface area contributed by atoms with Gasteiger partial charge in [0, 0.05) is 60.9 Å². The maximum Gasteiger partial charge on any atom is 0.258 e. The van der Waals surface area contributed by atoms with Gasteiger partial charge in [0.05, 0.1) is 17.7 Å². The first-order chi connectivity index (χ1) is 17.1. The molecule has 8 heteroatoms. The second-order valence-corrected chi connectivity index (χ2v) is 8.56. The normalized spacial score (nSPS) is 14.1. The molecule has 8 nitrogen and oxygen atoms in total. The molecule has 1 saturated heterocycles. The van der Waals surface area contributed by atoms with E-state index in [9.17, 15) is 9.90 Å². The van der Waals surface area contributed by atoms with Crippen LogP contribution in [0, 0.1) is 12.3 Å². The maximum absolute atomic E-state index is 12.9. The summed E-state index contributed by atoms with van der Waals surface area (Å²) in [4.78, 5) is 26.6. The Balaban J connectivity index is 1.52. The number of hydrogen-bond donors (Lipinski definition) is 2. The van der Waals surface area contributed by atoms with Gasteiger partial charge in [-0.3, -0.25) is 9.36 Å².